The maximum absolute atomic E-state index is 13.4. The van der Waals surface area contributed by atoms with Crippen LogP contribution in [-0.2, 0) is 16.0 Å². The quantitative estimate of drug-likeness (QED) is 0.389. The summed E-state index contributed by atoms with van der Waals surface area (Å²) in [6.45, 7) is 2.46. The number of thiocarbonyl (C=S) groups is 1. The Hall–Kier alpha value is -3.22. The fraction of sp³-hybridized carbons (Fsp3) is 0.192. The standard InChI is InChI=1S/C26H24ClN3O2S/c1-18-7-13-22(14-8-18)30-24(31)17-23(25(30)32)29(16-15-19-5-3-2-4-6-19)26(33)28-21-11-9-20(27)10-12-21/h2-14,23H,15-17H2,1H3,(H,28,33). The molecule has 2 amide bonds. The van der Waals surface area contributed by atoms with Gasteiger partial charge in [-0.2, -0.15) is 0 Å². The van der Waals surface area contributed by atoms with Crippen LogP contribution in [0.5, 0.6) is 0 Å². The first-order valence-electron chi connectivity index (χ1n) is 10.7. The molecule has 3 aromatic carbocycles. The van der Waals surface area contributed by atoms with Crippen molar-refractivity contribution < 1.29 is 9.59 Å². The maximum Gasteiger partial charge on any atom is 0.257 e. The van der Waals surface area contributed by atoms with E-state index in [1.165, 1.54) is 4.90 Å². The number of amides is 2. The van der Waals surface area contributed by atoms with Crippen LogP contribution in [0.25, 0.3) is 0 Å². The zero-order valence-corrected chi connectivity index (χ0v) is 19.8. The van der Waals surface area contributed by atoms with Crippen molar-refractivity contribution in [2.24, 2.45) is 0 Å². The van der Waals surface area contributed by atoms with E-state index >= 15 is 0 Å². The smallest absolute Gasteiger partial charge is 0.257 e. The summed E-state index contributed by atoms with van der Waals surface area (Å²) in [7, 11) is 0. The van der Waals surface area contributed by atoms with E-state index in [1.807, 2.05) is 66.4 Å². The predicted octanol–water partition coefficient (Wildman–Crippen LogP) is 5.22. The third-order valence-electron chi connectivity index (χ3n) is 5.63. The van der Waals surface area contributed by atoms with E-state index in [4.69, 9.17) is 23.8 Å². The highest BCUT2D eigenvalue weighted by atomic mass is 35.5. The summed E-state index contributed by atoms with van der Waals surface area (Å²) in [4.78, 5) is 29.4. The monoisotopic (exact) mass is 477 g/mol. The Morgan fingerprint density at radius 3 is 2.36 bits per heavy atom. The van der Waals surface area contributed by atoms with Crippen molar-refractivity contribution in [1.82, 2.24) is 4.90 Å². The molecule has 33 heavy (non-hydrogen) atoms. The average molecular weight is 478 g/mol. The molecule has 0 radical (unpaired) electrons. The first-order chi connectivity index (χ1) is 15.9. The number of anilines is 2. The van der Waals surface area contributed by atoms with Crippen LogP contribution in [0.4, 0.5) is 11.4 Å². The molecule has 7 heteroatoms. The number of aryl methyl sites for hydroxylation is 1. The molecule has 0 spiro atoms. The highest BCUT2D eigenvalue weighted by Gasteiger charge is 2.43. The van der Waals surface area contributed by atoms with Crippen LogP contribution in [-0.4, -0.2) is 34.4 Å². The van der Waals surface area contributed by atoms with Gasteiger partial charge < -0.3 is 10.2 Å². The first kappa shape index (κ1) is 23.0. The number of halogens is 1. The summed E-state index contributed by atoms with van der Waals surface area (Å²) in [5, 5.41) is 4.21. The maximum atomic E-state index is 13.4. The third kappa shape index (κ3) is 5.41. The number of carbonyl (C=O) groups is 2. The molecule has 4 rings (SSSR count). The number of hydrogen-bond acceptors (Lipinski definition) is 3. The van der Waals surface area contributed by atoms with Crippen molar-refractivity contribution in [1.29, 1.82) is 0 Å². The molecule has 1 aliphatic heterocycles. The Bertz CT molecular complexity index is 1150. The molecule has 168 valence electrons. The lowest BCUT2D eigenvalue weighted by Gasteiger charge is -2.30. The fourth-order valence-electron chi connectivity index (χ4n) is 3.85. The minimum absolute atomic E-state index is 0.0734. The zero-order chi connectivity index (χ0) is 23.4. The van der Waals surface area contributed by atoms with Crippen molar-refractivity contribution in [3.05, 3.63) is 95.0 Å². The average Bonchev–Trinajstić information content (AvgIpc) is 3.10. The molecule has 3 aromatic rings. The molecule has 1 saturated heterocycles. The van der Waals surface area contributed by atoms with Crippen LogP contribution >= 0.6 is 23.8 Å². The van der Waals surface area contributed by atoms with E-state index < -0.39 is 6.04 Å². The molecule has 1 heterocycles. The molecular formula is C26H24ClN3O2S. The highest BCUT2D eigenvalue weighted by molar-refractivity contribution is 7.80. The van der Waals surface area contributed by atoms with Crippen LogP contribution < -0.4 is 10.2 Å². The van der Waals surface area contributed by atoms with E-state index in [9.17, 15) is 9.59 Å². The molecule has 1 aliphatic rings. The van der Waals surface area contributed by atoms with Crippen molar-refractivity contribution in [3.8, 4) is 0 Å². The van der Waals surface area contributed by atoms with Gasteiger partial charge in [0.2, 0.25) is 5.91 Å². The van der Waals surface area contributed by atoms with Gasteiger partial charge in [-0.3, -0.25) is 9.59 Å². The van der Waals surface area contributed by atoms with Gasteiger partial charge >= 0.3 is 0 Å². The Morgan fingerprint density at radius 2 is 1.70 bits per heavy atom. The lowest BCUT2D eigenvalue weighted by Crippen LogP contribution is -2.48. The number of hydrogen-bond donors (Lipinski definition) is 1. The summed E-state index contributed by atoms with van der Waals surface area (Å²) in [5.41, 5.74) is 3.54. The van der Waals surface area contributed by atoms with Gasteiger partial charge in [-0.15, -0.1) is 0 Å². The van der Waals surface area contributed by atoms with E-state index in [0.717, 1.165) is 16.8 Å². The number of nitrogens with one attached hydrogen (secondary N) is 1. The molecule has 0 bridgehead atoms. The van der Waals surface area contributed by atoms with Gasteiger partial charge in [0.1, 0.15) is 6.04 Å². The van der Waals surface area contributed by atoms with Gasteiger partial charge in [0, 0.05) is 17.3 Å². The first-order valence-corrected chi connectivity index (χ1v) is 11.5. The second kappa shape index (κ2) is 10.1. The minimum atomic E-state index is -0.671. The largest absolute Gasteiger partial charge is 0.336 e. The van der Waals surface area contributed by atoms with Crippen LogP contribution in [0.3, 0.4) is 0 Å². The number of rotatable bonds is 6. The van der Waals surface area contributed by atoms with Gasteiger partial charge in [-0.1, -0.05) is 59.6 Å². The lowest BCUT2D eigenvalue weighted by atomic mass is 10.1. The van der Waals surface area contributed by atoms with Gasteiger partial charge in [0.05, 0.1) is 12.1 Å². The van der Waals surface area contributed by atoms with Crippen molar-refractivity contribution in [2.75, 3.05) is 16.8 Å². The Balaban J connectivity index is 1.58. The summed E-state index contributed by atoms with van der Waals surface area (Å²) < 4.78 is 0. The van der Waals surface area contributed by atoms with Crippen molar-refractivity contribution in [3.63, 3.8) is 0 Å². The van der Waals surface area contributed by atoms with E-state index in [2.05, 4.69) is 5.32 Å². The molecule has 1 unspecified atom stereocenters. The molecule has 5 nitrogen and oxygen atoms in total. The van der Waals surface area contributed by atoms with E-state index in [-0.39, 0.29) is 18.2 Å². The van der Waals surface area contributed by atoms with Gasteiger partial charge in [0.25, 0.3) is 5.91 Å². The summed E-state index contributed by atoms with van der Waals surface area (Å²) >= 11 is 11.7. The van der Waals surface area contributed by atoms with E-state index in [0.29, 0.717) is 28.8 Å². The molecule has 0 aromatic heterocycles. The highest BCUT2D eigenvalue weighted by Crippen LogP contribution is 2.27. The van der Waals surface area contributed by atoms with Gasteiger partial charge in [-0.25, -0.2) is 4.90 Å². The number of nitrogens with zero attached hydrogens (tertiary/aromatic N) is 2. The second-order valence-electron chi connectivity index (χ2n) is 7.99. The molecule has 0 saturated carbocycles. The van der Waals surface area contributed by atoms with Gasteiger partial charge in [-0.05, 0) is 67.5 Å². The zero-order valence-electron chi connectivity index (χ0n) is 18.2. The fourth-order valence-corrected chi connectivity index (χ4v) is 4.31. The van der Waals surface area contributed by atoms with Crippen LogP contribution in [0.2, 0.25) is 5.02 Å². The lowest BCUT2D eigenvalue weighted by molar-refractivity contribution is -0.122. The number of imide groups is 1. The number of benzene rings is 3. The topological polar surface area (TPSA) is 52.7 Å². The van der Waals surface area contributed by atoms with Crippen LogP contribution in [0.1, 0.15) is 17.5 Å². The third-order valence-corrected chi connectivity index (χ3v) is 6.22. The SMILES string of the molecule is Cc1ccc(N2C(=O)CC(N(CCc3ccccc3)C(=S)Nc3ccc(Cl)cc3)C2=O)cc1. The minimum Gasteiger partial charge on any atom is -0.336 e. The Morgan fingerprint density at radius 1 is 1.03 bits per heavy atom. The molecule has 0 aliphatic carbocycles. The Labute approximate surface area is 204 Å². The molecule has 1 N–H and O–H groups in total. The molecular weight excluding hydrogens is 454 g/mol. The van der Waals surface area contributed by atoms with Crippen LogP contribution in [0, 0.1) is 6.92 Å². The van der Waals surface area contributed by atoms with Crippen molar-refractivity contribution in [2.45, 2.75) is 25.8 Å². The predicted molar refractivity (Wildman–Crippen MR) is 137 cm³/mol. The normalized spacial score (nSPS) is 15.6. The summed E-state index contributed by atoms with van der Waals surface area (Å²) in [6.07, 6.45) is 0.760. The second-order valence-corrected chi connectivity index (χ2v) is 8.81. The Kier molecular flexibility index (Phi) is 7.06. The molecule has 1 atom stereocenters. The van der Waals surface area contributed by atoms with Crippen molar-refractivity contribution >= 4 is 52.1 Å². The number of carbonyl (C=O) groups excluding carboxylic acids is 2. The van der Waals surface area contributed by atoms with E-state index in [1.54, 1.807) is 24.3 Å². The van der Waals surface area contributed by atoms with Gasteiger partial charge in [0.15, 0.2) is 5.11 Å². The molecule has 1 fully saturated rings. The summed E-state index contributed by atoms with van der Waals surface area (Å²) in [5.74, 6) is -0.495. The summed E-state index contributed by atoms with van der Waals surface area (Å²) in [6, 6.07) is 23.9. The van der Waals surface area contributed by atoms with Crippen LogP contribution in [0.15, 0.2) is 78.9 Å².